The molecular formula is C31H30N6O5S. The summed E-state index contributed by atoms with van der Waals surface area (Å²) in [4.78, 5) is 19.9. The van der Waals surface area contributed by atoms with Gasteiger partial charge in [0, 0.05) is 59.8 Å². The molecule has 0 spiro atoms. The van der Waals surface area contributed by atoms with Crippen LogP contribution in [0.5, 0.6) is 5.75 Å². The van der Waals surface area contributed by atoms with E-state index in [2.05, 4.69) is 10.1 Å². The van der Waals surface area contributed by atoms with E-state index in [1.165, 1.54) is 3.97 Å². The van der Waals surface area contributed by atoms with Gasteiger partial charge in [0.1, 0.15) is 12.3 Å². The minimum Gasteiger partial charge on any atom is -0.497 e. The van der Waals surface area contributed by atoms with Crippen molar-refractivity contribution in [1.29, 1.82) is 0 Å². The molecule has 1 fully saturated rings. The molecule has 1 aliphatic rings. The van der Waals surface area contributed by atoms with Crippen molar-refractivity contribution in [3.05, 3.63) is 72.7 Å². The number of ether oxygens (including phenoxy) is 2. The molecule has 11 nitrogen and oxygen atoms in total. The van der Waals surface area contributed by atoms with Crippen molar-refractivity contribution in [2.45, 2.75) is 18.4 Å². The predicted octanol–water partition coefficient (Wildman–Crippen LogP) is 3.96. The zero-order valence-corrected chi connectivity index (χ0v) is 24.8. The Morgan fingerprint density at radius 1 is 1.02 bits per heavy atom. The molecule has 43 heavy (non-hydrogen) atoms. The molecule has 0 bridgehead atoms. The topological polar surface area (TPSA) is 113 Å². The normalized spacial score (nSPS) is 14.3. The Morgan fingerprint density at radius 2 is 1.79 bits per heavy atom. The van der Waals surface area contributed by atoms with Gasteiger partial charge in [0.25, 0.3) is 10.0 Å². The third kappa shape index (κ3) is 4.45. The minimum absolute atomic E-state index is 0.0337. The molecule has 12 heteroatoms. The molecule has 0 N–H and O–H groups in total. The molecule has 1 aliphatic heterocycles. The molecule has 6 aromatic rings. The largest absolute Gasteiger partial charge is 0.497 e. The molecule has 0 saturated carbocycles. The highest BCUT2D eigenvalue weighted by atomic mass is 32.2. The first-order chi connectivity index (χ1) is 20.8. The fourth-order valence-electron chi connectivity index (χ4n) is 5.83. The molecule has 0 unspecified atom stereocenters. The first-order valence-electron chi connectivity index (χ1n) is 13.9. The number of nitrogens with zero attached hydrogens (tertiary/aromatic N) is 6. The monoisotopic (exact) mass is 598 g/mol. The highest BCUT2D eigenvalue weighted by Gasteiger charge is 2.29. The van der Waals surface area contributed by atoms with E-state index in [1.54, 1.807) is 53.4 Å². The minimum atomic E-state index is -4.10. The Balaban J connectivity index is 1.50. The van der Waals surface area contributed by atoms with Gasteiger partial charge >= 0.3 is 0 Å². The number of carbonyl (C=O) groups is 1. The second kappa shape index (κ2) is 10.2. The first kappa shape index (κ1) is 27.2. The van der Waals surface area contributed by atoms with Gasteiger partial charge in [-0.25, -0.2) is 17.4 Å². The molecule has 0 atom stereocenters. The number of morpholine rings is 1. The fourth-order valence-corrected chi connectivity index (χ4v) is 7.31. The molecule has 2 aromatic carbocycles. The smallest absolute Gasteiger partial charge is 0.269 e. The van der Waals surface area contributed by atoms with Crippen LogP contribution in [0.2, 0.25) is 0 Å². The summed E-state index contributed by atoms with van der Waals surface area (Å²) in [6.45, 7) is 4.09. The third-order valence-corrected chi connectivity index (χ3v) is 9.79. The molecule has 0 aliphatic carbocycles. The number of pyridine rings is 1. The highest BCUT2D eigenvalue weighted by molar-refractivity contribution is 7.90. The summed E-state index contributed by atoms with van der Waals surface area (Å²) < 4.78 is 44.7. The molecular weight excluding hydrogens is 568 g/mol. The van der Waals surface area contributed by atoms with Crippen LogP contribution in [0.15, 0.2) is 72.0 Å². The third-order valence-electron chi connectivity index (χ3n) is 8.07. The Bertz CT molecular complexity index is 2140. The van der Waals surface area contributed by atoms with E-state index in [1.807, 2.05) is 49.0 Å². The summed E-state index contributed by atoms with van der Waals surface area (Å²) >= 11 is 0. The maximum atomic E-state index is 14.4. The lowest BCUT2D eigenvalue weighted by Gasteiger charge is -2.27. The lowest BCUT2D eigenvalue weighted by Crippen LogP contribution is -2.42. The summed E-state index contributed by atoms with van der Waals surface area (Å²) in [5.74, 6) is 0.579. The van der Waals surface area contributed by atoms with E-state index in [0.29, 0.717) is 54.3 Å². The molecule has 1 saturated heterocycles. The number of amides is 1. The second-order valence-electron chi connectivity index (χ2n) is 10.7. The van der Waals surface area contributed by atoms with Crippen LogP contribution in [0, 0.1) is 6.92 Å². The van der Waals surface area contributed by atoms with Crippen LogP contribution < -0.4 is 4.74 Å². The van der Waals surface area contributed by atoms with Crippen molar-refractivity contribution >= 4 is 48.8 Å². The number of aromatic nitrogens is 5. The maximum absolute atomic E-state index is 14.4. The van der Waals surface area contributed by atoms with Crippen LogP contribution in [0.3, 0.4) is 0 Å². The van der Waals surface area contributed by atoms with Crippen molar-refractivity contribution in [2.24, 2.45) is 7.05 Å². The number of rotatable bonds is 6. The van der Waals surface area contributed by atoms with Crippen LogP contribution in [0.25, 0.3) is 44.1 Å². The number of methoxy groups -OCH3 is 1. The zero-order chi connectivity index (χ0) is 29.9. The summed E-state index contributed by atoms with van der Waals surface area (Å²) in [6.07, 6.45) is 5.20. The number of benzene rings is 2. The summed E-state index contributed by atoms with van der Waals surface area (Å²) in [5, 5.41) is 6.58. The SMILES string of the molecule is COc1ccc2c(c1)c(-c1cc3c4c(cnc3n1S(=O)(=O)c1ccc(C)cc1)cnn4C)cn2CC(=O)N1CCOCC1. The Morgan fingerprint density at radius 3 is 2.53 bits per heavy atom. The molecule has 7 rings (SSSR count). The van der Waals surface area contributed by atoms with Gasteiger partial charge in [0.2, 0.25) is 5.91 Å². The number of hydrogen-bond donors (Lipinski definition) is 0. The van der Waals surface area contributed by atoms with Gasteiger partial charge in [-0.1, -0.05) is 17.7 Å². The average Bonchev–Trinajstić information content (AvgIpc) is 3.70. The lowest BCUT2D eigenvalue weighted by molar-refractivity contribution is -0.135. The van der Waals surface area contributed by atoms with Gasteiger partial charge in [-0.3, -0.25) is 9.48 Å². The van der Waals surface area contributed by atoms with Crippen molar-refractivity contribution in [3.63, 3.8) is 0 Å². The summed E-state index contributed by atoms with van der Waals surface area (Å²) in [6, 6.07) is 14.2. The van der Waals surface area contributed by atoms with Gasteiger partial charge in [-0.05, 0) is 43.3 Å². The van der Waals surface area contributed by atoms with E-state index in [4.69, 9.17) is 9.47 Å². The maximum Gasteiger partial charge on any atom is 0.269 e. The van der Waals surface area contributed by atoms with Crippen LogP contribution >= 0.6 is 0 Å². The van der Waals surface area contributed by atoms with Gasteiger partial charge in [-0.15, -0.1) is 0 Å². The Kier molecular flexibility index (Phi) is 6.47. The number of fused-ring (bicyclic) bond motifs is 4. The molecule has 4 aromatic heterocycles. The van der Waals surface area contributed by atoms with Crippen LogP contribution in [-0.4, -0.2) is 75.9 Å². The van der Waals surface area contributed by atoms with Gasteiger partial charge in [0.05, 0.1) is 42.6 Å². The van der Waals surface area contributed by atoms with Crippen LogP contribution in [0.1, 0.15) is 5.56 Å². The van der Waals surface area contributed by atoms with Gasteiger partial charge in [-0.2, -0.15) is 5.10 Å². The Hall–Kier alpha value is -4.68. The van der Waals surface area contributed by atoms with Crippen molar-refractivity contribution in [3.8, 4) is 17.0 Å². The van der Waals surface area contributed by atoms with Crippen LogP contribution in [0.4, 0.5) is 0 Å². The van der Waals surface area contributed by atoms with Crippen molar-refractivity contribution in [1.82, 2.24) is 28.2 Å². The highest BCUT2D eigenvalue weighted by Crippen LogP contribution is 2.39. The molecule has 1 amide bonds. The molecule has 220 valence electrons. The standard InChI is InChI=1S/C31H30N6O5S/c1-20-4-7-23(8-5-20)43(39,40)37-28(15-25-30-21(16-32-31(25)37)17-33-34(30)2)26-18-36(19-29(38)35-10-12-42-13-11-35)27-9-6-22(41-3)14-24(26)27/h4-9,14-18H,10-13,19H2,1-3H3. The van der Waals surface area contributed by atoms with E-state index >= 15 is 0 Å². The van der Waals surface area contributed by atoms with E-state index < -0.39 is 10.0 Å². The van der Waals surface area contributed by atoms with Crippen LogP contribution in [-0.2, 0) is 33.1 Å². The number of carbonyl (C=O) groups excluding carboxylic acids is 1. The fraction of sp³-hybridized carbons (Fsp3) is 0.258. The predicted molar refractivity (Wildman–Crippen MR) is 163 cm³/mol. The van der Waals surface area contributed by atoms with E-state index in [9.17, 15) is 13.2 Å². The summed E-state index contributed by atoms with van der Waals surface area (Å²) in [5.41, 5.74) is 3.85. The van der Waals surface area contributed by atoms with Gasteiger partial charge in [0.15, 0.2) is 5.65 Å². The zero-order valence-electron chi connectivity index (χ0n) is 24.0. The van der Waals surface area contributed by atoms with E-state index in [0.717, 1.165) is 27.4 Å². The Labute approximate surface area is 247 Å². The summed E-state index contributed by atoms with van der Waals surface area (Å²) in [7, 11) is -0.697. The van der Waals surface area contributed by atoms with Crippen molar-refractivity contribution < 1.29 is 22.7 Å². The first-order valence-corrected chi connectivity index (χ1v) is 15.4. The molecule has 0 radical (unpaired) electrons. The number of aryl methyl sites for hydroxylation is 2. The molecule has 5 heterocycles. The second-order valence-corrected chi connectivity index (χ2v) is 12.5. The van der Waals surface area contributed by atoms with Crippen molar-refractivity contribution in [2.75, 3.05) is 33.4 Å². The average molecular weight is 599 g/mol. The van der Waals surface area contributed by atoms with Gasteiger partial charge < -0.3 is 18.9 Å². The lowest BCUT2D eigenvalue weighted by atomic mass is 10.1. The quantitative estimate of drug-likeness (QED) is 0.285. The van der Waals surface area contributed by atoms with E-state index in [-0.39, 0.29) is 17.3 Å². The number of hydrogen-bond acceptors (Lipinski definition) is 7.